The molecule has 1 aromatic carbocycles. The highest BCUT2D eigenvalue weighted by Gasteiger charge is 2.13. The van der Waals surface area contributed by atoms with Gasteiger partial charge in [-0.3, -0.25) is 0 Å². The molecule has 0 atom stereocenters. The van der Waals surface area contributed by atoms with Gasteiger partial charge in [0.05, 0.1) is 5.69 Å². The normalized spacial score (nSPS) is 17.7. The van der Waals surface area contributed by atoms with Crippen LogP contribution in [0.5, 0.6) is 0 Å². The highest BCUT2D eigenvalue weighted by atomic mass is 79.9. The van der Waals surface area contributed by atoms with Crippen molar-refractivity contribution in [3.63, 3.8) is 0 Å². The summed E-state index contributed by atoms with van der Waals surface area (Å²) in [4.78, 5) is 0. The molecule has 15 heavy (non-hydrogen) atoms. The molecule has 1 heterocycles. The van der Waals surface area contributed by atoms with E-state index in [-0.39, 0.29) is 0 Å². The minimum atomic E-state index is 0.556. The summed E-state index contributed by atoms with van der Waals surface area (Å²) < 4.78 is 1.07. The van der Waals surface area contributed by atoms with Gasteiger partial charge in [-0.2, -0.15) is 0 Å². The quantitative estimate of drug-likeness (QED) is 0.873. The van der Waals surface area contributed by atoms with Gasteiger partial charge in [0.1, 0.15) is 0 Å². The zero-order valence-corrected chi connectivity index (χ0v) is 10.7. The van der Waals surface area contributed by atoms with Crippen molar-refractivity contribution in [1.82, 2.24) is 5.32 Å². The average molecular weight is 290 g/mol. The number of rotatable bonds is 2. The summed E-state index contributed by atoms with van der Waals surface area (Å²) in [6.45, 7) is 2.19. The smallest absolute Gasteiger partial charge is 0.0501 e. The summed E-state index contributed by atoms with van der Waals surface area (Å²) in [6.07, 6.45) is 2.33. The Morgan fingerprint density at radius 2 is 2.07 bits per heavy atom. The molecule has 0 radical (unpaired) electrons. The minimum Gasteiger partial charge on any atom is -0.381 e. The SMILES string of the molecule is Clc1ccc(Br)c(NC2CCNCC2)c1. The molecule has 1 aliphatic rings. The molecule has 0 saturated carbocycles. The summed E-state index contributed by atoms with van der Waals surface area (Å²) in [7, 11) is 0. The Hall–Kier alpha value is -0.250. The lowest BCUT2D eigenvalue weighted by Gasteiger charge is -2.25. The van der Waals surface area contributed by atoms with Crippen molar-refractivity contribution in [3.8, 4) is 0 Å². The fourth-order valence-electron chi connectivity index (χ4n) is 1.79. The molecule has 0 spiro atoms. The monoisotopic (exact) mass is 288 g/mol. The van der Waals surface area contributed by atoms with E-state index in [1.54, 1.807) is 0 Å². The van der Waals surface area contributed by atoms with Crippen molar-refractivity contribution in [1.29, 1.82) is 0 Å². The van der Waals surface area contributed by atoms with Crippen LogP contribution in [0.2, 0.25) is 5.02 Å². The van der Waals surface area contributed by atoms with Crippen molar-refractivity contribution in [3.05, 3.63) is 27.7 Å². The molecule has 2 rings (SSSR count). The lowest BCUT2D eigenvalue weighted by molar-refractivity contribution is 0.479. The second-order valence-corrected chi connectivity index (χ2v) is 5.08. The van der Waals surface area contributed by atoms with Gasteiger partial charge in [-0.15, -0.1) is 0 Å². The van der Waals surface area contributed by atoms with Crippen LogP contribution < -0.4 is 10.6 Å². The number of hydrogen-bond donors (Lipinski definition) is 2. The van der Waals surface area contributed by atoms with E-state index in [1.165, 1.54) is 12.8 Å². The predicted octanol–water partition coefficient (Wildman–Crippen LogP) is 3.27. The van der Waals surface area contributed by atoms with E-state index < -0.39 is 0 Å². The fraction of sp³-hybridized carbons (Fsp3) is 0.455. The van der Waals surface area contributed by atoms with Gasteiger partial charge >= 0.3 is 0 Å². The van der Waals surface area contributed by atoms with Gasteiger partial charge < -0.3 is 10.6 Å². The summed E-state index contributed by atoms with van der Waals surface area (Å²) in [6, 6.07) is 6.39. The third-order valence-corrected chi connectivity index (χ3v) is 3.55. The Balaban J connectivity index is 2.05. The molecule has 1 aromatic rings. The van der Waals surface area contributed by atoms with E-state index >= 15 is 0 Å². The van der Waals surface area contributed by atoms with E-state index in [0.717, 1.165) is 28.3 Å². The maximum atomic E-state index is 5.96. The van der Waals surface area contributed by atoms with Crippen LogP contribution in [0.3, 0.4) is 0 Å². The second kappa shape index (κ2) is 5.19. The first kappa shape index (κ1) is 11.2. The second-order valence-electron chi connectivity index (χ2n) is 3.79. The number of benzene rings is 1. The lowest BCUT2D eigenvalue weighted by Crippen LogP contribution is -2.35. The Labute approximate surface area is 104 Å². The summed E-state index contributed by atoms with van der Waals surface area (Å²) >= 11 is 9.48. The van der Waals surface area contributed by atoms with Crippen LogP contribution in [-0.4, -0.2) is 19.1 Å². The van der Waals surface area contributed by atoms with Gasteiger partial charge in [-0.25, -0.2) is 0 Å². The maximum Gasteiger partial charge on any atom is 0.0501 e. The molecule has 0 aromatic heterocycles. The minimum absolute atomic E-state index is 0.556. The molecule has 1 fully saturated rings. The summed E-state index contributed by atoms with van der Waals surface area (Å²) in [5, 5.41) is 7.64. The van der Waals surface area contributed by atoms with Gasteiger partial charge in [0.2, 0.25) is 0 Å². The third-order valence-electron chi connectivity index (χ3n) is 2.63. The van der Waals surface area contributed by atoms with Crippen molar-refractivity contribution < 1.29 is 0 Å². The number of piperidine rings is 1. The standard InChI is InChI=1S/C11H14BrClN2/c12-10-2-1-8(13)7-11(10)15-9-3-5-14-6-4-9/h1-2,7,9,14-15H,3-6H2. The van der Waals surface area contributed by atoms with Crippen LogP contribution in [-0.2, 0) is 0 Å². The maximum absolute atomic E-state index is 5.96. The largest absolute Gasteiger partial charge is 0.381 e. The van der Waals surface area contributed by atoms with Crippen molar-refractivity contribution in [2.45, 2.75) is 18.9 Å². The van der Waals surface area contributed by atoms with Crippen molar-refractivity contribution >= 4 is 33.2 Å². The number of nitrogens with one attached hydrogen (secondary N) is 2. The molecule has 0 bridgehead atoms. The van der Waals surface area contributed by atoms with E-state index in [9.17, 15) is 0 Å². The first-order chi connectivity index (χ1) is 7.25. The van der Waals surface area contributed by atoms with Crippen molar-refractivity contribution in [2.24, 2.45) is 0 Å². The molecule has 0 unspecified atom stereocenters. The molecule has 1 aliphatic heterocycles. The molecular formula is C11H14BrClN2. The summed E-state index contributed by atoms with van der Waals surface area (Å²) in [5.41, 5.74) is 1.09. The zero-order valence-electron chi connectivity index (χ0n) is 8.39. The van der Waals surface area contributed by atoms with Crippen LogP contribution in [0.15, 0.2) is 22.7 Å². The van der Waals surface area contributed by atoms with Gasteiger partial charge in [0.15, 0.2) is 0 Å². The number of hydrogen-bond acceptors (Lipinski definition) is 2. The molecular weight excluding hydrogens is 275 g/mol. The van der Waals surface area contributed by atoms with Gasteiger partial charge in [0, 0.05) is 15.5 Å². The third kappa shape index (κ3) is 3.10. The van der Waals surface area contributed by atoms with E-state index in [1.807, 2.05) is 18.2 Å². The topological polar surface area (TPSA) is 24.1 Å². The predicted molar refractivity (Wildman–Crippen MR) is 68.7 cm³/mol. The van der Waals surface area contributed by atoms with E-state index in [4.69, 9.17) is 11.6 Å². The fourth-order valence-corrected chi connectivity index (χ4v) is 2.33. The Morgan fingerprint density at radius 3 is 2.80 bits per heavy atom. The van der Waals surface area contributed by atoms with Gasteiger partial charge in [0.25, 0.3) is 0 Å². The molecule has 1 saturated heterocycles. The Bertz CT molecular complexity index is 337. The Morgan fingerprint density at radius 1 is 1.33 bits per heavy atom. The van der Waals surface area contributed by atoms with Crippen LogP contribution in [0.1, 0.15) is 12.8 Å². The van der Waals surface area contributed by atoms with Crippen molar-refractivity contribution in [2.75, 3.05) is 18.4 Å². The Kier molecular flexibility index (Phi) is 3.89. The molecule has 2 N–H and O–H groups in total. The van der Waals surface area contributed by atoms with E-state index in [0.29, 0.717) is 6.04 Å². The number of anilines is 1. The summed E-state index contributed by atoms with van der Waals surface area (Å²) in [5.74, 6) is 0. The van der Waals surface area contributed by atoms with Gasteiger partial charge in [-0.1, -0.05) is 11.6 Å². The molecule has 2 nitrogen and oxygen atoms in total. The number of halogens is 2. The zero-order chi connectivity index (χ0) is 10.7. The molecule has 4 heteroatoms. The average Bonchev–Trinajstić information content (AvgIpc) is 2.25. The van der Waals surface area contributed by atoms with E-state index in [2.05, 4.69) is 26.6 Å². The molecule has 0 amide bonds. The van der Waals surface area contributed by atoms with Crippen LogP contribution >= 0.6 is 27.5 Å². The first-order valence-corrected chi connectivity index (χ1v) is 6.35. The van der Waals surface area contributed by atoms with Crippen LogP contribution in [0.25, 0.3) is 0 Å². The van der Waals surface area contributed by atoms with Gasteiger partial charge in [-0.05, 0) is 60.1 Å². The molecule has 82 valence electrons. The van der Waals surface area contributed by atoms with Crippen LogP contribution in [0, 0.1) is 0 Å². The molecule has 0 aliphatic carbocycles. The lowest BCUT2D eigenvalue weighted by atomic mass is 10.1. The highest BCUT2D eigenvalue weighted by Crippen LogP contribution is 2.27. The highest BCUT2D eigenvalue weighted by molar-refractivity contribution is 9.10. The van der Waals surface area contributed by atoms with Crippen LogP contribution in [0.4, 0.5) is 5.69 Å². The first-order valence-electron chi connectivity index (χ1n) is 5.18.